The third kappa shape index (κ3) is 4.81. The summed E-state index contributed by atoms with van der Waals surface area (Å²) in [5, 5.41) is 3.28. The molecule has 0 saturated carbocycles. The highest BCUT2D eigenvalue weighted by Gasteiger charge is 2.19. The number of nitrogens with zero attached hydrogens (tertiary/aromatic N) is 1. The molecule has 1 aliphatic rings. The maximum Gasteiger partial charge on any atom is 0.254 e. The number of nitrogens with two attached hydrogens (primary N) is 1. The van der Waals surface area contributed by atoms with Crippen molar-refractivity contribution in [2.75, 3.05) is 6.54 Å². The first-order valence-electron chi connectivity index (χ1n) is 8.07. The molecule has 3 rings (SSSR count). The third-order valence-electron chi connectivity index (χ3n) is 4.22. The number of primary amides is 1. The molecule has 0 radical (unpaired) electrons. The number of carbonyl (C=O) groups is 2. The standard InChI is InChI=1S/C19H21N3O2.ClH/c20-18(23)8-9-22(13-14-4-2-1-3-5-14)19(24)15-6-7-16-11-21-12-17(16)10-15;/h1-7,10,21H,8-9,11-13H2,(H2,20,23);1H. The number of halogens is 1. The fraction of sp³-hybridized carbons (Fsp3) is 0.263. The maximum atomic E-state index is 12.9. The first kappa shape index (κ1) is 19.0. The van der Waals surface area contributed by atoms with E-state index in [1.165, 1.54) is 5.56 Å². The second-order valence-electron chi connectivity index (χ2n) is 6.02. The summed E-state index contributed by atoms with van der Waals surface area (Å²) < 4.78 is 0. The van der Waals surface area contributed by atoms with E-state index in [0.29, 0.717) is 18.7 Å². The smallest absolute Gasteiger partial charge is 0.254 e. The predicted molar refractivity (Wildman–Crippen MR) is 99.2 cm³/mol. The van der Waals surface area contributed by atoms with E-state index in [0.717, 1.165) is 24.2 Å². The number of benzene rings is 2. The number of fused-ring (bicyclic) bond motifs is 1. The van der Waals surface area contributed by atoms with Gasteiger partial charge in [0.15, 0.2) is 0 Å². The molecule has 132 valence electrons. The molecule has 3 N–H and O–H groups in total. The Morgan fingerprint density at radius 3 is 2.48 bits per heavy atom. The van der Waals surface area contributed by atoms with E-state index in [1.54, 1.807) is 4.90 Å². The van der Waals surface area contributed by atoms with Crippen molar-refractivity contribution in [2.24, 2.45) is 5.73 Å². The lowest BCUT2D eigenvalue weighted by molar-refractivity contribution is -0.118. The van der Waals surface area contributed by atoms with Crippen LogP contribution < -0.4 is 11.1 Å². The molecular formula is C19H22ClN3O2. The van der Waals surface area contributed by atoms with Crippen molar-refractivity contribution in [2.45, 2.75) is 26.1 Å². The summed E-state index contributed by atoms with van der Waals surface area (Å²) in [5.74, 6) is -0.478. The van der Waals surface area contributed by atoms with Crippen LogP contribution in [0.4, 0.5) is 0 Å². The van der Waals surface area contributed by atoms with Crippen molar-refractivity contribution in [1.29, 1.82) is 0 Å². The lowest BCUT2D eigenvalue weighted by atomic mass is 10.1. The van der Waals surface area contributed by atoms with E-state index in [1.807, 2.05) is 48.5 Å². The van der Waals surface area contributed by atoms with Crippen molar-refractivity contribution in [1.82, 2.24) is 10.2 Å². The molecule has 0 spiro atoms. The zero-order valence-electron chi connectivity index (χ0n) is 13.9. The van der Waals surface area contributed by atoms with Crippen LogP contribution in [0.5, 0.6) is 0 Å². The van der Waals surface area contributed by atoms with Gasteiger partial charge in [-0.2, -0.15) is 0 Å². The number of nitrogens with one attached hydrogen (secondary N) is 1. The highest BCUT2D eigenvalue weighted by Crippen LogP contribution is 2.19. The van der Waals surface area contributed by atoms with Gasteiger partial charge in [-0.25, -0.2) is 0 Å². The molecule has 1 heterocycles. The van der Waals surface area contributed by atoms with Gasteiger partial charge in [-0.3, -0.25) is 9.59 Å². The number of hydrogen-bond acceptors (Lipinski definition) is 3. The number of carbonyl (C=O) groups excluding carboxylic acids is 2. The van der Waals surface area contributed by atoms with E-state index < -0.39 is 5.91 Å². The minimum absolute atomic E-state index is 0. The summed E-state index contributed by atoms with van der Waals surface area (Å²) >= 11 is 0. The first-order valence-corrected chi connectivity index (χ1v) is 8.07. The average molecular weight is 360 g/mol. The summed E-state index contributed by atoms with van der Waals surface area (Å²) in [6, 6.07) is 15.6. The molecule has 0 atom stereocenters. The van der Waals surface area contributed by atoms with Crippen LogP contribution in [0.3, 0.4) is 0 Å². The van der Waals surface area contributed by atoms with Gasteiger partial charge in [0.25, 0.3) is 5.91 Å². The second kappa shape index (κ2) is 8.65. The van der Waals surface area contributed by atoms with E-state index >= 15 is 0 Å². The summed E-state index contributed by atoms with van der Waals surface area (Å²) in [6.45, 7) is 2.41. The number of rotatable bonds is 6. The zero-order valence-corrected chi connectivity index (χ0v) is 14.7. The van der Waals surface area contributed by atoms with Gasteiger partial charge in [0.2, 0.25) is 5.91 Å². The van der Waals surface area contributed by atoms with Crippen molar-refractivity contribution >= 4 is 24.2 Å². The van der Waals surface area contributed by atoms with E-state index in [-0.39, 0.29) is 24.7 Å². The SMILES string of the molecule is Cl.NC(=O)CCN(Cc1ccccc1)C(=O)c1ccc2c(c1)CNC2. The third-order valence-corrected chi connectivity index (χ3v) is 4.22. The molecule has 0 unspecified atom stereocenters. The van der Waals surface area contributed by atoms with Gasteiger partial charge < -0.3 is 16.0 Å². The van der Waals surface area contributed by atoms with Gasteiger partial charge in [-0.15, -0.1) is 12.4 Å². The Hall–Kier alpha value is -2.37. The summed E-state index contributed by atoms with van der Waals surface area (Å²) in [6.07, 6.45) is 0.158. The molecule has 0 aliphatic carbocycles. The highest BCUT2D eigenvalue weighted by molar-refractivity contribution is 5.94. The zero-order chi connectivity index (χ0) is 16.9. The van der Waals surface area contributed by atoms with Gasteiger partial charge in [0, 0.05) is 38.2 Å². The molecule has 25 heavy (non-hydrogen) atoms. The van der Waals surface area contributed by atoms with Crippen LogP contribution in [0.15, 0.2) is 48.5 Å². The largest absolute Gasteiger partial charge is 0.370 e. The van der Waals surface area contributed by atoms with Crippen molar-refractivity contribution in [3.8, 4) is 0 Å². The molecule has 1 aliphatic heterocycles. The predicted octanol–water partition coefficient (Wildman–Crippen LogP) is 2.23. The Bertz CT molecular complexity index is 750. The molecule has 5 nitrogen and oxygen atoms in total. The second-order valence-corrected chi connectivity index (χ2v) is 6.02. The number of hydrogen-bond donors (Lipinski definition) is 2. The van der Waals surface area contributed by atoms with Crippen molar-refractivity contribution < 1.29 is 9.59 Å². The monoisotopic (exact) mass is 359 g/mol. The lowest BCUT2D eigenvalue weighted by Gasteiger charge is -2.23. The fourth-order valence-electron chi connectivity index (χ4n) is 2.91. The Kier molecular flexibility index (Phi) is 6.56. The Morgan fingerprint density at radius 1 is 1.04 bits per heavy atom. The van der Waals surface area contributed by atoms with Crippen LogP contribution in [0.2, 0.25) is 0 Å². The van der Waals surface area contributed by atoms with Gasteiger partial charge in [0.1, 0.15) is 0 Å². The molecule has 2 aromatic rings. The Morgan fingerprint density at radius 2 is 1.76 bits per heavy atom. The Balaban J connectivity index is 0.00000225. The maximum absolute atomic E-state index is 12.9. The highest BCUT2D eigenvalue weighted by atomic mass is 35.5. The molecule has 2 aromatic carbocycles. The first-order chi connectivity index (χ1) is 11.6. The fourth-order valence-corrected chi connectivity index (χ4v) is 2.91. The van der Waals surface area contributed by atoms with Crippen LogP contribution >= 0.6 is 12.4 Å². The van der Waals surface area contributed by atoms with E-state index in [4.69, 9.17) is 5.73 Å². The van der Waals surface area contributed by atoms with E-state index in [9.17, 15) is 9.59 Å². The Labute approximate surface area is 153 Å². The quantitative estimate of drug-likeness (QED) is 0.830. The van der Waals surface area contributed by atoms with Crippen LogP contribution in [0.25, 0.3) is 0 Å². The van der Waals surface area contributed by atoms with Crippen LogP contribution in [-0.4, -0.2) is 23.3 Å². The molecule has 6 heteroatoms. The summed E-state index contributed by atoms with van der Waals surface area (Å²) in [7, 11) is 0. The van der Waals surface area contributed by atoms with Gasteiger partial charge in [-0.05, 0) is 28.8 Å². The minimum Gasteiger partial charge on any atom is -0.370 e. The normalized spacial score (nSPS) is 12.2. The average Bonchev–Trinajstić information content (AvgIpc) is 3.06. The molecule has 0 bridgehead atoms. The topological polar surface area (TPSA) is 75.4 Å². The lowest BCUT2D eigenvalue weighted by Crippen LogP contribution is -2.33. The summed E-state index contributed by atoms with van der Waals surface area (Å²) in [4.78, 5) is 25.7. The van der Waals surface area contributed by atoms with Crippen LogP contribution in [0, 0.1) is 0 Å². The van der Waals surface area contributed by atoms with Crippen molar-refractivity contribution in [3.63, 3.8) is 0 Å². The molecule has 0 fully saturated rings. The minimum atomic E-state index is -0.404. The molecule has 2 amide bonds. The van der Waals surface area contributed by atoms with Gasteiger partial charge in [0.05, 0.1) is 0 Å². The van der Waals surface area contributed by atoms with Gasteiger partial charge in [-0.1, -0.05) is 36.4 Å². The van der Waals surface area contributed by atoms with Crippen LogP contribution in [0.1, 0.15) is 33.5 Å². The summed E-state index contributed by atoms with van der Waals surface area (Å²) in [5.41, 5.74) is 9.34. The van der Waals surface area contributed by atoms with E-state index in [2.05, 4.69) is 5.32 Å². The molecule has 0 aromatic heterocycles. The molecular weight excluding hydrogens is 338 g/mol. The van der Waals surface area contributed by atoms with Crippen LogP contribution in [-0.2, 0) is 24.4 Å². The van der Waals surface area contributed by atoms with Crippen molar-refractivity contribution in [3.05, 3.63) is 70.8 Å². The number of amides is 2. The molecule has 0 saturated heterocycles. The van der Waals surface area contributed by atoms with Gasteiger partial charge >= 0.3 is 0 Å².